The average molecular weight is 265 g/mol. The maximum Gasteiger partial charge on any atom is 0.329 e. The average Bonchev–Trinajstić information content (AvgIpc) is 2.23. The minimum absolute atomic E-state index is 0.0105. The van der Waals surface area contributed by atoms with E-state index in [0.717, 1.165) is 13.5 Å². The summed E-state index contributed by atoms with van der Waals surface area (Å²) in [4.78, 5) is 22.2. The lowest BCUT2D eigenvalue weighted by molar-refractivity contribution is -0.144. The molecule has 17 heavy (non-hydrogen) atoms. The van der Waals surface area contributed by atoms with Gasteiger partial charge in [-0.25, -0.2) is 13.2 Å². The molecule has 7 heteroatoms. The fourth-order valence-electron chi connectivity index (χ4n) is 1.26. The topological polar surface area (TPSA) is 89.5 Å². The predicted octanol–water partition coefficient (Wildman–Crippen LogP) is -0.121. The molecule has 1 atom stereocenters. The van der Waals surface area contributed by atoms with Gasteiger partial charge in [-0.2, -0.15) is 0 Å². The van der Waals surface area contributed by atoms with E-state index in [4.69, 9.17) is 0 Å². The highest BCUT2D eigenvalue weighted by atomic mass is 32.2. The van der Waals surface area contributed by atoms with Gasteiger partial charge in [0.1, 0.15) is 6.04 Å². The van der Waals surface area contributed by atoms with Gasteiger partial charge in [0.15, 0.2) is 9.84 Å². The zero-order chi connectivity index (χ0) is 13.5. The fraction of sp³-hybridized carbons (Fsp3) is 0.800. The molecule has 1 N–H and O–H groups in total. The lowest BCUT2D eigenvalue weighted by Gasteiger charge is -2.15. The maximum atomic E-state index is 11.6. The van der Waals surface area contributed by atoms with E-state index in [1.54, 1.807) is 0 Å². The van der Waals surface area contributed by atoms with Crippen LogP contribution in [0.4, 0.5) is 0 Å². The fourth-order valence-corrected chi connectivity index (χ4v) is 2.88. The van der Waals surface area contributed by atoms with E-state index in [1.807, 2.05) is 6.92 Å². The maximum absolute atomic E-state index is 11.6. The zero-order valence-corrected chi connectivity index (χ0v) is 11.2. The Morgan fingerprint density at radius 2 is 1.94 bits per heavy atom. The molecule has 0 aliphatic carbocycles. The van der Waals surface area contributed by atoms with Crippen LogP contribution in [0.5, 0.6) is 0 Å². The molecule has 6 nitrogen and oxygen atoms in total. The van der Waals surface area contributed by atoms with Crippen LogP contribution in [-0.4, -0.2) is 45.0 Å². The molecule has 100 valence electrons. The Labute approximate surface area is 102 Å². The molecule has 0 saturated heterocycles. The van der Waals surface area contributed by atoms with Crippen LogP contribution >= 0.6 is 0 Å². The Morgan fingerprint density at radius 1 is 1.35 bits per heavy atom. The van der Waals surface area contributed by atoms with Gasteiger partial charge in [-0.15, -0.1) is 0 Å². The molecule has 0 aliphatic rings. The van der Waals surface area contributed by atoms with Crippen molar-refractivity contribution in [2.75, 3.05) is 18.6 Å². The van der Waals surface area contributed by atoms with E-state index in [2.05, 4.69) is 10.1 Å². The van der Waals surface area contributed by atoms with Gasteiger partial charge < -0.3 is 10.1 Å². The first-order chi connectivity index (χ1) is 7.82. The molecule has 0 heterocycles. The summed E-state index contributed by atoms with van der Waals surface area (Å²) in [7, 11) is -2.21. The Hall–Kier alpha value is -1.11. The second-order valence-electron chi connectivity index (χ2n) is 3.74. The van der Waals surface area contributed by atoms with Gasteiger partial charge in [0.05, 0.1) is 18.6 Å². The van der Waals surface area contributed by atoms with Gasteiger partial charge in [0.25, 0.3) is 0 Å². The van der Waals surface area contributed by atoms with Crippen molar-refractivity contribution in [3.8, 4) is 0 Å². The number of rotatable bonds is 7. The Morgan fingerprint density at radius 3 is 2.35 bits per heavy atom. The van der Waals surface area contributed by atoms with Crippen LogP contribution in [0.15, 0.2) is 0 Å². The van der Waals surface area contributed by atoms with E-state index < -0.39 is 33.5 Å². The van der Waals surface area contributed by atoms with Gasteiger partial charge in [0, 0.05) is 6.92 Å². The standard InChI is InChI=1S/C10H19NO5S/c1-4-5-6-17(14,15)7-9(10(13)16-3)11-8(2)12/h9H,4-7H2,1-3H3,(H,11,12). The minimum Gasteiger partial charge on any atom is -0.467 e. The smallest absolute Gasteiger partial charge is 0.329 e. The highest BCUT2D eigenvalue weighted by Gasteiger charge is 2.26. The normalized spacial score (nSPS) is 12.9. The number of sulfone groups is 1. The molecule has 0 aromatic carbocycles. The number of carbonyl (C=O) groups excluding carboxylic acids is 2. The molecule has 0 aromatic heterocycles. The number of nitrogens with one attached hydrogen (secondary N) is 1. The molecule has 0 aliphatic heterocycles. The summed E-state index contributed by atoms with van der Waals surface area (Å²) in [5, 5.41) is 2.27. The van der Waals surface area contributed by atoms with Crippen LogP contribution in [0.1, 0.15) is 26.7 Å². The third-order valence-corrected chi connectivity index (χ3v) is 3.84. The Kier molecular flexibility index (Phi) is 6.79. The van der Waals surface area contributed by atoms with Crippen molar-refractivity contribution >= 4 is 21.7 Å². The monoisotopic (exact) mass is 265 g/mol. The van der Waals surface area contributed by atoms with Crippen molar-refractivity contribution in [3.05, 3.63) is 0 Å². The lowest BCUT2D eigenvalue weighted by atomic mass is 10.3. The Balaban J connectivity index is 4.62. The zero-order valence-electron chi connectivity index (χ0n) is 10.4. The SMILES string of the molecule is CCCCS(=O)(=O)CC(NC(C)=O)C(=O)OC. The lowest BCUT2D eigenvalue weighted by Crippen LogP contribution is -2.45. The van der Waals surface area contributed by atoms with E-state index in [0.29, 0.717) is 6.42 Å². The summed E-state index contributed by atoms with van der Waals surface area (Å²) in [6, 6.07) is -1.13. The molecule has 0 saturated carbocycles. The van der Waals surface area contributed by atoms with Crippen molar-refractivity contribution in [1.82, 2.24) is 5.32 Å². The van der Waals surface area contributed by atoms with Gasteiger partial charge in [0.2, 0.25) is 5.91 Å². The number of hydrogen-bond donors (Lipinski definition) is 1. The quantitative estimate of drug-likeness (QED) is 0.648. The van der Waals surface area contributed by atoms with Gasteiger partial charge >= 0.3 is 5.97 Å². The highest BCUT2D eigenvalue weighted by molar-refractivity contribution is 7.91. The van der Waals surface area contributed by atoms with Crippen molar-refractivity contribution in [2.45, 2.75) is 32.7 Å². The summed E-state index contributed by atoms with van der Waals surface area (Å²) in [6.07, 6.45) is 1.29. The third-order valence-electron chi connectivity index (χ3n) is 2.09. The first-order valence-electron chi connectivity index (χ1n) is 5.37. The molecule has 0 bridgehead atoms. The van der Waals surface area contributed by atoms with Crippen LogP contribution in [0.3, 0.4) is 0 Å². The van der Waals surface area contributed by atoms with Crippen molar-refractivity contribution in [2.24, 2.45) is 0 Å². The second kappa shape index (κ2) is 7.26. The number of methoxy groups -OCH3 is 1. The van der Waals surface area contributed by atoms with Crippen molar-refractivity contribution in [1.29, 1.82) is 0 Å². The van der Waals surface area contributed by atoms with E-state index >= 15 is 0 Å². The molecule has 1 amide bonds. The second-order valence-corrected chi connectivity index (χ2v) is 5.97. The van der Waals surface area contributed by atoms with Crippen LogP contribution in [0.2, 0.25) is 0 Å². The number of ether oxygens (including phenoxy) is 1. The summed E-state index contributed by atoms with van der Waals surface area (Å²) in [5.41, 5.74) is 0. The van der Waals surface area contributed by atoms with E-state index in [1.165, 1.54) is 6.92 Å². The highest BCUT2D eigenvalue weighted by Crippen LogP contribution is 2.01. The number of unbranched alkanes of at least 4 members (excludes halogenated alkanes) is 1. The third kappa shape index (κ3) is 6.93. The van der Waals surface area contributed by atoms with E-state index in [9.17, 15) is 18.0 Å². The molecular formula is C10H19NO5S. The summed E-state index contributed by atoms with van der Waals surface area (Å²) >= 11 is 0. The van der Waals surface area contributed by atoms with Gasteiger partial charge in [-0.05, 0) is 6.42 Å². The summed E-state index contributed by atoms with van der Waals surface area (Å²) in [6.45, 7) is 3.09. The van der Waals surface area contributed by atoms with Crippen LogP contribution in [0, 0.1) is 0 Å². The Bertz CT molecular complexity index is 363. The molecular weight excluding hydrogens is 246 g/mol. The molecule has 0 aromatic rings. The largest absolute Gasteiger partial charge is 0.467 e. The van der Waals surface area contributed by atoms with Gasteiger partial charge in [-0.1, -0.05) is 13.3 Å². The van der Waals surface area contributed by atoms with Crippen LogP contribution < -0.4 is 5.32 Å². The molecule has 0 fully saturated rings. The molecule has 0 spiro atoms. The summed E-state index contributed by atoms with van der Waals surface area (Å²) < 4.78 is 27.7. The molecule has 0 radical (unpaired) electrons. The predicted molar refractivity (Wildman–Crippen MR) is 63.2 cm³/mol. The number of hydrogen-bond acceptors (Lipinski definition) is 5. The van der Waals surface area contributed by atoms with Gasteiger partial charge in [-0.3, -0.25) is 4.79 Å². The molecule has 1 unspecified atom stereocenters. The minimum atomic E-state index is -3.36. The number of carbonyl (C=O) groups is 2. The van der Waals surface area contributed by atoms with E-state index in [-0.39, 0.29) is 5.75 Å². The number of esters is 1. The van der Waals surface area contributed by atoms with Crippen LogP contribution in [0.25, 0.3) is 0 Å². The van der Waals surface area contributed by atoms with Crippen molar-refractivity contribution < 1.29 is 22.7 Å². The number of amides is 1. The first kappa shape index (κ1) is 15.9. The van der Waals surface area contributed by atoms with Crippen LogP contribution in [-0.2, 0) is 24.2 Å². The summed E-state index contributed by atoms with van der Waals surface area (Å²) in [5.74, 6) is -1.62. The first-order valence-corrected chi connectivity index (χ1v) is 7.20. The molecule has 0 rings (SSSR count). The van der Waals surface area contributed by atoms with Crippen molar-refractivity contribution in [3.63, 3.8) is 0 Å².